The molecule has 0 bridgehead atoms. The minimum atomic E-state index is -0.0385. The Hall–Kier alpha value is -1.09. The smallest absolute Gasteiger partial charge is 0.244 e. The predicted molar refractivity (Wildman–Crippen MR) is 55.7 cm³/mol. The third kappa shape index (κ3) is 3.03. The van der Waals surface area contributed by atoms with Crippen molar-refractivity contribution in [3.05, 3.63) is 34.5 Å². The lowest BCUT2D eigenvalue weighted by molar-refractivity contribution is -0.117. The first-order valence-electron chi connectivity index (χ1n) is 4.20. The molecular weight excluding hydrogens is 182 g/mol. The van der Waals surface area contributed by atoms with Gasteiger partial charge in [-0.25, -0.2) is 0 Å². The fourth-order valence-corrected chi connectivity index (χ4v) is 1.76. The standard InChI is InChI=1S/C10H13NOS/c1-3-5-10(12)11-8(2)9-6-4-7-13-9/h3-8H,1-2H3,(H,11,12)/b5-3+/t8-/m0/s1. The van der Waals surface area contributed by atoms with E-state index < -0.39 is 0 Å². The highest BCUT2D eigenvalue weighted by Gasteiger charge is 2.06. The van der Waals surface area contributed by atoms with Crippen LogP contribution in [0.4, 0.5) is 0 Å². The number of allylic oxidation sites excluding steroid dienone is 1. The van der Waals surface area contributed by atoms with E-state index in [9.17, 15) is 4.79 Å². The van der Waals surface area contributed by atoms with E-state index in [1.165, 1.54) is 11.0 Å². The van der Waals surface area contributed by atoms with Crippen molar-refractivity contribution in [3.63, 3.8) is 0 Å². The summed E-state index contributed by atoms with van der Waals surface area (Å²) in [5.41, 5.74) is 0. The molecule has 1 N–H and O–H groups in total. The van der Waals surface area contributed by atoms with E-state index in [0.717, 1.165) is 0 Å². The quantitative estimate of drug-likeness (QED) is 0.738. The van der Waals surface area contributed by atoms with Crippen LogP contribution in [0, 0.1) is 0 Å². The first-order chi connectivity index (χ1) is 6.24. The molecule has 0 aromatic carbocycles. The Morgan fingerprint density at radius 1 is 1.69 bits per heavy atom. The highest BCUT2D eigenvalue weighted by Crippen LogP contribution is 2.17. The molecule has 1 aromatic heterocycles. The molecule has 3 heteroatoms. The Balaban J connectivity index is 2.51. The zero-order valence-corrected chi connectivity index (χ0v) is 8.60. The van der Waals surface area contributed by atoms with Crippen LogP contribution in [-0.2, 0) is 4.79 Å². The van der Waals surface area contributed by atoms with Gasteiger partial charge in [0.25, 0.3) is 0 Å². The molecule has 2 nitrogen and oxygen atoms in total. The molecule has 1 aromatic rings. The largest absolute Gasteiger partial charge is 0.345 e. The lowest BCUT2D eigenvalue weighted by atomic mass is 10.3. The fraction of sp³-hybridized carbons (Fsp3) is 0.300. The summed E-state index contributed by atoms with van der Waals surface area (Å²) in [5.74, 6) is -0.0385. The van der Waals surface area contributed by atoms with Gasteiger partial charge >= 0.3 is 0 Å². The number of thiophene rings is 1. The van der Waals surface area contributed by atoms with Gasteiger partial charge in [-0.2, -0.15) is 0 Å². The van der Waals surface area contributed by atoms with Crippen LogP contribution in [0.5, 0.6) is 0 Å². The SMILES string of the molecule is C/C=C/C(=O)N[C@@H](C)c1cccs1. The van der Waals surface area contributed by atoms with Gasteiger partial charge in [-0.05, 0) is 31.4 Å². The molecule has 70 valence electrons. The van der Waals surface area contributed by atoms with E-state index >= 15 is 0 Å². The minimum Gasteiger partial charge on any atom is -0.345 e. The Morgan fingerprint density at radius 3 is 3.00 bits per heavy atom. The molecule has 1 amide bonds. The van der Waals surface area contributed by atoms with Gasteiger partial charge in [0.15, 0.2) is 0 Å². The second kappa shape index (κ2) is 4.82. The average molecular weight is 195 g/mol. The second-order valence-corrected chi connectivity index (χ2v) is 3.72. The molecule has 0 aliphatic heterocycles. The zero-order chi connectivity index (χ0) is 9.68. The van der Waals surface area contributed by atoms with Gasteiger partial charge in [0.1, 0.15) is 0 Å². The van der Waals surface area contributed by atoms with Gasteiger partial charge < -0.3 is 5.32 Å². The summed E-state index contributed by atoms with van der Waals surface area (Å²) in [5, 5.41) is 4.88. The molecule has 1 atom stereocenters. The van der Waals surface area contributed by atoms with Crippen molar-refractivity contribution < 1.29 is 4.79 Å². The molecule has 0 radical (unpaired) electrons. The van der Waals surface area contributed by atoms with Crippen LogP contribution in [0.3, 0.4) is 0 Å². The molecule has 0 aliphatic rings. The van der Waals surface area contributed by atoms with Crippen LogP contribution in [0.2, 0.25) is 0 Å². The van der Waals surface area contributed by atoms with Crippen molar-refractivity contribution in [3.8, 4) is 0 Å². The van der Waals surface area contributed by atoms with Gasteiger partial charge in [-0.1, -0.05) is 12.1 Å². The number of hydrogen-bond donors (Lipinski definition) is 1. The molecule has 13 heavy (non-hydrogen) atoms. The highest BCUT2D eigenvalue weighted by molar-refractivity contribution is 7.10. The van der Waals surface area contributed by atoms with Crippen LogP contribution < -0.4 is 5.32 Å². The number of hydrogen-bond acceptors (Lipinski definition) is 2. The van der Waals surface area contributed by atoms with Gasteiger partial charge in [0, 0.05) is 4.88 Å². The van der Waals surface area contributed by atoms with E-state index in [0.29, 0.717) is 0 Å². The summed E-state index contributed by atoms with van der Waals surface area (Å²) in [6.45, 7) is 3.81. The van der Waals surface area contributed by atoms with Crippen LogP contribution in [0.1, 0.15) is 24.8 Å². The van der Waals surface area contributed by atoms with Crippen LogP contribution >= 0.6 is 11.3 Å². The molecule has 0 spiro atoms. The normalized spacial score (nSPS) is 13.1. The third-order valence-corrected chi connectivity index (χ3v) is 2.70. The van der Waals surface area contributed by atoms with Crippen LogP contribution in [-0.4, -0.2) is 5.91 Å². The molecular formula is C10H13NOS. The van der Waals surface area contributed by atoms with Crippen LogP contribution in [0.25, 0.3) is 0 Å². The van der Waals surface area contributed by atoms with Crippen molar-refractivity contribution in [1.82, 2.24) is 5.32 Å². The predicted octanol–water partition coefficient (Wildman–Crippen LogP) is 2.50. The molecule has 0 aliphatic carbocycles. The summed E-state index contributed by atoms with van der Waals surface area (Å²) in [7, 11) is 0. The van der Waals surface area contributed by atoms with Gasteiger partial charge in [-0.15, -0.1) is 11.3 Å². The maximum absolute atomic E-state index is 11.2. The highest BCUT2D eigenvalue weighted by atomic mass is 32.1. The molecule has 1 heterocycles. The van der Waals surface area contributed by atoms with E-state index in [1.807, 2.05) is 31.4 Å². The van der Waals surface area contributed by atoms with E-state index in [4.69, 9.17) is 0 Å². The summed E-state index contributed by atoms with van der Waals surface area (Å²) >= 11 is 1.65. The molecule has 0 fully saturated rings. The molecule has 0 saturated heterocycles. The van der Waals surface area contributed by atoms with Crippen LogP contribution in [0.15, 0.2) is 29.7 Å². The Kier molecular flexibility index (Phi) is 3.71. The third-order valence-electron chi connectivity index (χ3n) is 1.65. The Morgan fingerprint density at radius 2 is 2.46 bits per heavy atom. The van der Waals surface area contributed by atoms with Crippen molar-refractivity contribution in [2.24, 2.45) is 0 Å². The lowest BCUT2D eigenvalue weighted by Gasteiger charge is -2.09. The lowest BCUT2D eigenvalue weighted by Crippen LogP contribution is -2.23. The number of carbonyl (C=O) groups excluding carboxylic acids is 1. The maximum Gasteiger partial charge on any atom is 0.244 e. The first kappa shape index (κ1) is 9.99. The van der Waals surface area contributed by atoms with E-state index in [2.05, 4.69) is 5.32 Å². The van der Waals surface area contributed by atoms with Crippen molar-refractivity contribution in [2.45, 2.75) is 19.9 Å². The van der Waals surface area contributed by atoms with Gasteiger partial charge in [-0.3, -0.25) is 4.79 Å². The van der Waals surface area contributed by atoms with E-state index in [1.54, 1.807) is 17.4 Å². The fourth-order valence-electron chi connectivity index (χ4n) is 1.02. The number of carbonyl (C=O) groups is 1. The zero-order valence-electron chi connectivity index (χ0n) is 7.78. The molecule has 0 unspecified atom stereocenters. The van der Waals surface area contributed by atoms with Crippen molar-refractivity contribution in [2.75, 3.05) is 0 Å². The van der Waals surface area contributed by atoms with Gasteiger partial charge in [0.2, 0.25) is 5.91 Å². The van der Waals surface area contributed by atoms with Crippen molar-refractivity contribution >= 4 is 17.2 Å². The monoisotopic (exact) mass is 195 g/mol. The summed E-state index contributed by atoms with van der Waals surface area (Å²) in [4.78, 5) is 12.3. The summed E-state index contributed by atoms with van der Waals surface area (Å²) in [6, 6.07) is 4.10. The summed E-state index contributed by atoms with van der Waals surface area (Å²) in [6.07, 6.45) is 3.26. The number of rotatable bonds is 3. The average Bonchev–Trinajstić information content (AvgIpc) is 2.55. The molecule has 1 rings (SSSR count). The molecule has 0 saturated carbocycles. The Bertz CT molecular complexity index is 290. The van der Waals surface area contributed by atoms with E-state index in [-0.39, 0.29) is 11.9 Å². The summed E-state index contributed by atoms with van der Waals surface area (Å²) < 4.78 is 0. The van der Waals surface area contributed by atoms with Crippen molar-refractivity contribution in [1.29, 1.82) is 0 Å². The number of nitrogens with one attached hydrogen (secondary N) is 1. The minimum absolute atomic E-state index is 0.0385. The maximum atomic E-state index is 11.2. The Labute approximate surface area is 82.3 Å². The second-order valence-electron chi connectivity index (χ2n) is 2.75. The topological polar surface area (TPSA) is 29.1 Å². The number of amides is 1. The van der Waals surface area contributed by atoms with Gasteiger partial charge in [0.05, 0.1) is 6.04 Å². The first-order valence-corrected chi connectivity index (χ1v) is 5.08.